The molecule has 0 spiro atoms. The van der Waals surface area contributed by atoms with E-state index in [4.69, 9.17) is 4.74 Å². The summed E-state index contributed by atoms with van der Waals surface area (Å²) in [5.41, 5.74) is 2.45. The summed E-state index contributed by atoms with van der Waals surface area (Å²) in [6, 6.07) is 25.8. The number of aryl methyl sites for hydroxylation is 1. The summed E-state index contributed by atoms with van der Waals surface area (Å²) in [5, 5.41) is 22.2. The highest BCUT2D eigenvalue weighted by Gasteiger charge is 2.24. The van der Waals surface area contributed by atoms with Crippen molar-refractivity contribution in [3.8, 4) is 11.4 Å². The molecule has 0 N–H and O–H groups in total. The predicted octanol–water partition coefficient (Wildman–Crippen LogP) is 7.32. The molecule has 0 radical (unpaired) electrons. The van der Waals surface area contributed by atoms with Gasteiger partial charge in [-0.1, -0.05) is 54.2 Å². The van der Waals surface area contributed by atoms with Crippen LogP contribution in [0, 0.1) is 22.9 Å². The van der Waals surface area contributed by atoms with Gasteiger partial charge in [0.25, 0.3) is 0 Å². The maximum atomic E-state index is 13.5. The van der Waals surface area contributed by atoms with Crippen molar-refractivity contribution in [1.82, 2.24) is 14.8 Å². The molecule has 1 atom stereocenters. The van der Waals surface area contributed by atoms with Crippen LogP contribution < -0.4 is 4.74 Å². The second-order valence-electron chi connectivity index (χ2n) is 8.62. The largest absolute Gasteiger partial charge is 0.488 e. The normalized spacial score (nSPS) is 12.0. The summed E-state index contributed by atoms with van der Waals surface area (Å²) in [6.45, 7) is 1.85. The molecule has 4 aromatic carbocycles. The first kappa shape index (κ1) is 25.9. The van der Waals surface area contributed by atoms with Crippen LogP contribution in [-0.4, -0.2) is 26.2 Å². The molecule has 0 saturated heterocycles. The smallest absolute Gasteiger partial charge is 0.220 e. The number of rotatable bonds is 9. The number of fused-ring (bicyclic) bond motifs is 1. The lowest BCUT2D eigenvalue weighted by Crippen LogP contribution is -2.11. The van der Waals surface area contributed by atoms with Gasteiger partial charge >= 0.3 is 0 Å². The van der Waals surface area contributed by atoms with Gasteiger partial charge in [-0.15, -0.1) is 10.2 Å². The van der Waals surface area contributed by atoms with E-state index in [0.29, 0.717) is 33.5 Å². The molecule has 0 bridgehead atoms. The van der Waals surface area contributed by atoms with Gasteiger partial charge in [0.15, 0.2) is 5.16 Å². The van der Waals surface area contributed by atoms with Gasteiger partial charge < -0.3 is 4.74 Å². The highest BCUT2D eigenvalue weighted by molar-refractivity contribution is 9.10. The lowest BCUT2D eigenvalue weighted by atomic mass is 10.1. The average Bonchev–Trinajstić information content (AvgIpc) is 3.27. The molecule has 5 aromatic rings. The number of aromatic nitrogens is 3. The summed E-state index contributed by atoms with van der Waals surface area (Å²) in [7, 11) is 0. The fraction of sp³-hybridized carbons (Fsp3) is 0.143. The van der Waals surface area contributed by atoms with Gasteiger partial charge in [0.2, 0.25) is 6.54 Å². The highest BCUT2D eigenvalue weighted by Crippen LogP contribution is 2.39. The molecule has 1 aromatic heterocycles. The van der Waals surface area contributed by atoms with E-state index < -0.39 is 5.25 Å². The Morgan fingerprint density at radius 2 is 1.79 bits per heavy atom. The quantitative estimate of drug-likeness (QED) is 0.101. The van der Waals surface area contributed by atoms with Gasteiger partial charge in [-0.2, -0.15) is 0 Å². The SMILES string of the molecule is Cc1nnc(S[C@@H](C[N+](=O)[O-])c2ccc(OCc3ccc4ccccc4c3)c(Br)c2)n1-c1ccc(F)cc1. The Morgan fingerprint density at radius 3 is 2.53 bits per heavy atom. The second kappa shape index (κ2) is 11.3. The second-order valence-corrected chi connectivity index (χ2v) is 10.6. The molecule has 0 amide bonds. The monoisotopic (exact) mass is 592 g/mol. The Balaban J connectivity index is 1.36. The van der Waals surface area contributed by atoms with E-state index in [9.17, 15) is 14.5 Å². The summed E-state index contributed by atoms with van der Waals surface area (Å²) < 4.78 is 22.0. The van der Waals surface area contributed by atoms with Crippen LogP contribution in [0.4, 0.5) is 4.39 Å². The fourth-order valence-electron chi connectivity index (χ4n) is 4.10. The first-order valence-corrected chi connectivity index (χ1v) is 13.4. The number of benzene rings is 4. The van der Waals surface area contributed by atoms with Gasteiger partial charge in [0, 0.05) is 10.6 Å². The van der Waals surface area contributed by atoms with Crippen molar-refractivity contribution in [2.75, 3.05) is 6.54 Å². The van der Waals surface area contributed by atoms with E-state index in [1.54, 1.807) is 23.6 Å². The molecule has 38 heavy (non-hydrogen) atoms. The maximum absolute atomic E-state index is 13.5. The standard InChI is InChI=1S/C28H22BrFN4O3S/c1-18-31-32-28(34(18)24-11-9-23(30)10-12-24)38-27(16-33(35)36)22-8-13-26(25(29)15-22)37-17-19-6-7-20-4-2-3-5-21(20)14-19/h2-15,27H,16-17H2,1H3/t27-/m0/s1. The van der Waals surface area contributed by atoms with Crippen LogP contribution >= 0.6 is 27.7 Å². The zero-order valence-corrected chi connectivity index (χ0v) is 22.7. The van der Waals surface area contributed by atoms with Gasteiger partial charge in [-0.3, -0.25) is 14.7 Å². The van der Waals surface area contributed by atoms with Crippen LogP contribution in [0.2, 0.25) is 0 Å². The third kappa shape index (κ3) is 5.87. The Labute approximate surface area is 230 Å². The molecular weight excluding hydrogens is 571 g/mol. The first-order chi connectivity index (χ1) is 18.4. The number of ether oxygens (including phenoxy) is 1. The molecule has 1 heterocycles. The van der Waals surface area contributed by atoms with Crippen molar-refractivity contribution in [2.24, 2.45) is 0 Å². The minimum Gasteiger partial charge on any atom is -0.488 e. The maximum Gasteiger partial charge on any atom is 0.220 e. The predicted molar refractivity (Wildman–Crippen MR) is 149 cm³/mol. The Bertz CT molecular complexity index is 1610. The first-order valence-electron chi connectivity index (χ1n) is 11.7. The van der Waals surface area contributed by atoms with Crippen LogP contribution in [0.5, 0.6) is 5.75 Å². The molecular formula is C28H22BrFN4O3S. The lowest BCUT2D eigenvalue weighted by molar-refractivity contribution is -0.479. The van der Waals surface area contributed by atoms with Crippen molar-refractivity contribution in [3.05, 3.63) is 122 Å². The van der Waals surface area contributed by atoms with E-state index in [-0.39, 0.29) is 17.3 Å². The molecule has 0 saturated carbocycles. The number of nitro groups is 1. The summed E-state index contributed by atoms with van der Waals surface area (Å²) in [5.74, 6) is 0.877. The minimum atomic E-state index is -0.543. The van der Waals surface area contributed by atoms with E-state index in [2.05, 4.69) is 50.4 Å². The van der Waals surface area contributed by atoms with E-state index >= 15 is 0 Å². The topological polar surface area (TPSA) is 83.1 Å². The van der Waals surface area contributed by atoms with Crippen molar-refractivity contribution >= 4 is 38.5 Å². The van der Waals surface area contributed by atoms with Crippen LogP contribution in [0.15, 0.2) is 94.6 Å². The fourth-order valence-corrected chi connectivity index (χ4v) is 5.78. The third-order valence-electron chi connectivity index (χ3n) is 5.98. The zero-order chi connectivity index (χ0) is 26.6. The number of nitrogens with zero attached hydrogens (tertiary/aromatic N) is 4. The van der Waals surface area contributed by atoms with Gasteiger partial charge in [-0.05, 0) is 87.2 Å². The Morgan fingerprint density at radius 1 is 1.03 bits per heavy atom. The number of hydrogen-bond donors (Lipinski definition) is 0. The molecule has 0 fully saturated rings. The van der Waals surface area contributed by atoms with Crippen LogP contribution in [0.25, 0.3) is 16.5 Å². The number of thioether (sulfide) groups is 1. The molecule has 192 valence electrons. The lowest BCUT2D eigenvalue weighted by Gasteiger charge is -2.16. The average molecular weight is 593 g/mol. The van der Waals surface area contributed by atoms with Gasteiger partial charge in [0.1, 0.15) is 29.2 Å². The summed E-state index contributed by atoms with van der Waals surface area (Å²) in [6.07, 6.45) is 0. The van der Waals surface area contributed by atoms with E-state index in [0.717, 1.165) is 16.5 Å². The number of hydrogen-bond acceptors (Lipinski definition) is 6. The molecule has 0 aliphatic carbocycles. The zero-order valence-electron chi connectivity index (χ0n) is 20.3. The Hall–Kier alpha value is -3.76. The van der Waals surface area contributed by atoms with Crippen molar-refractivity contribution in [3.63, 3.8) is 0 Å². The molecule has 0 aliphatic heterocycles. The van der Waals surface area contributed by atoms with Crippen molar-refractivity contribution in [2.45, 2.75) is 23.9 Å². The Kier molecular flexibility index (Phi) is 7.71. The van der Waals surface area contributed by atoms with Crippen LogP contribution in [0.3, 0.4) is 0 Å². The summed E-state index contributed by atoms with van der Waals surface area (Å²) in [4.78, 5) is 11.2. The highest BCUT2D eigenvalue weighted by atomic mass is 79.9. The van der Waals surface area contributed by atoms with Crippen LogP contribution in [0.1, 0.15) is 22.2 Å². The van der Waals surface area contributed by atoms with Gasteiger partial charge in [0.05, 0.1) is 4.47 Å². The van der Waals surface area contributed by atoms with Gasteiger partial charge in [-0.25, -0.2) is 4.39 Å². The molecule has 10 heteroatoms. The van der Waals surface area contributed by atoms with E-state index in [1.165, 1.54) is 29.3 Å². The third-order valence-corrected chi connectivity index (χ3v) is 7.78. The van der Waals surface area contributed by atoms with E-state index in [1.807, 2.05) is 36.4 Å². The van der Waals surface area contributed by atoms with Crippen molar-refractivity contribution in [1.29, 1.82) is 0 Å². The molecule has 5 rings (SSSR count). The molecule has 0 unspecified atom stereocenters. The minimum absolute atomic E-state index is 0.316. The van der Waals surface area contributed by atoms with Crippen molar-refractivity contribution < 1.29 is 14.1 Å². The number of halogens is 2. The van der Waals surface area contributed by atoms with Crippen LogP contribution in [-0.2, 0) is 6.61 Å². The molecule has 0 aliphatic rings. The summed E-state index contributed by atoms with van der Waals surface area (Å²) >= 11 is 4.80. The molecule has 7 nitrogen and oxygen atoms in total.